The number of aromatic nitrogens is 1. The van der Waals surface area contributed by atoms with Crippen LogP contribution in [0.25, 0.3) is 0 Å². The number of aryl methyl sites for hydroxylation is 1. The maximum Gasteiger partial charge on any atom is 0.321 e. The molecular weight excluding hydrogens is 290 g/mol. The quantitative estimate of drug-likeness (QED) is 0.779. The average molecular weight is 311 g/mol. The highest BCUT2D eigenvalue weighted by atomic mass is 32.1. The Balaban J connectivity index is 1.75. The Morgan fingerprint density at radius 1 is 1.38 bits per heavy atom. The van der Waals surface area contributed by atoms with Gasteiger partial charge in [0.05, 0.1) is 5.92 Å². The van der Waals surface area contributed by atoms with Crippen LogP contribution in [-0.2, 0) is 11.2 Å². The van der Waals surface area contributed by atoms with Crippen molar-refractivity contribution >= 4 is 28.5 Å². The Hall–Kier alpha value is -1.63. The fourth-order valence-electron chi connectivity index (χ4n) is 2.53. The van der Waals surface area contributed by atoms with Gasteiger partial charge in [-0.3, -0.25) is 10.1 Å². The number of anilines is 1. The number of amides is 2. The van der Waals surface area contributed by atoms with Gasteiger partial charge in [0.15, 0.2) is 5.13 Å². The lowest BCUT2D eigenvalue weighted by molar-refractivity contribution is -0.142. The molecule has 1 aliphatic carbocycles. The number of thiazole rings is 1. The highest BCUT2D eigenvalue weighted by Gasteiger charge is 2.26. The molecule has 7 heteroatoms. The summed E-state index contributed by atoms with van der Waals surface area (Å²) >= 11 is 1.49. The van der Waals surface area contributed by atoms with E-state index in [0.717, 1.165) is 17.7 Å². The summed E-state index contributed by atoms with van der Waals surface area (Å²) in [4.78, 5) is 28.1. The molecule has 6 nitrogen and oxygen atoms in total. The SMILES string of the molecule is CCCc1cnc(NC(=O)NC2CCC(C(=O)O)CC2)s1. The second-order valence-electron chi connectivity index (χ2n) is 5.37. The van der Waals surface area contributed by atoms with E-state index in [1.54, 1.807) is 6.20 Å². The van der Waals surface area contributed by atoms with Gasteiger partial charge in [0, 0.05) is 17.1 Å². The van der Waals surface area contributed by atoms with Crippen LogP contribution in [0.15, 0.2) is 6.20 Å². The van der Waals surface area contributed by atoms with Crippen molar-refractivity contribution in [2.45, 2.75) is 51.5 Å². The Kier molecular flexibility index (Phi) is 5.55. The predicted octanol–water partition coefficient (Wildman–Crippen LogP) is 2.86. The molecule has 116 valence electrons. The van der Waals surface area contributed by atoms with Gasteiger partial charge in [-0.25, -0.2) is 9.78 Å². The first-order valence-electron chi connectivity index (χ1n) is 7.33. The molecule has 0 spiro atoms. The molecule has 2 amide bonds. The molecule has 1 aliphatic rings. The van der Waals surface area contributed by atoms with Crippen LogP contribution in [0.3, 0.4) is 0 Å². The van der Waals surface area contributed by atoms with Crippen molar-refractivity contribution in [3.8, 4) is 0 Å². The number of urea groups is 1. The first kappa shape index (κ1) is 15.8. The zero-order chi connectivity index (χ0) is 15.2. The van der Waals surface area contributed by atoms with Gasteiger partial charge in [0.25, 0.3) is 0 Å². The average Bonchev–Trinajstić information content (AvgIpc) is 2.87. The number of carbonyl (C=O) groups is 2. The summed E-state index contributed by atoms with van der Waals surface area (Å²) in [6.07, 6.45) is 6.49. The lowest BCUT2D eigenvalue weighted by Gasteiger charge is -2.26. The van der Waals surface area contributed by atoms with Gasteiger partial charge in [0.2, 0.25) is 0 Å². The normalized spacial score (nSPS) is 21.8. The highest BCUT2D eigenvalue weighted by Crippen LogP contribution is 2.24. The molecule has 0 aliphatic heterocycles. The van der Waals surface area contributed by atoms with E-state index >= 15 is 0 Å². The fourth-order valence-corrected chi connectivity index (χ4v) is 3.44. The molecular formula is C14H21N3O3S. The van der Waals surface area contributed by atoms with Gasteiger partial charge in [-0.05, 0) is 32.1 Å². The molecule has 1 aromatic heterocycles. The summed E-state index contributed by atoms with van der Waals surface area (Å²) in [6.45, 7) is 2.10. The smallest absolute Gasteiger partial charge is 0.321 e. The van der Waals surface area contributed by atoms with Gasteiger partial charge in [-0.1, -0.05) is 13.3 Å². The minimum Gasteiger partial charge on any atom is -0.481 e. The molecule has 0 saturated heterocycles. The number of hydrogen-bond acceptors (Lipinski definition) is 4. The molecule has 1 aromatic rings. The van der Waals surface area contributed by atoms with Crippen LogP contribution >= 0.6 is 11.3 Å². The predicted molar refractivity (Wildman–Crippen MR) is 81.6 cm³/mol. The monoisotopic (exact) mass is 311 g/mol. The Morgan fingerprint density at radius 3 is 2.71 bits per heavy atom. The molecule has 21 heavy (non-hydrogen) atoms. The van der Waals surface area contributed by atoms with Crippen molar-refractivity contribution in [1.29, 1.82) is 0 Å². The summed E-state index contributed by atoms with van der Waals surface area (Å²) in [5.74, 6) is -0.995. The van der Waals surface area contributed by atoms with Crippen LogP contribution in [0.1, 0.15) is 43.9 Å². The third-order valence-electron chi connectivity index (χ3n) is 3.68. The van der Waals surface area contributed by atoms with E-state index in [2.05, 4.69) is 22.5 Å². The van der Waals surface area contributed by atoms with Crippen LogP contribution < -0.4 is 10.6 Å². The number of aliphatic carboxylic acids is 1. The van der Waals surface area contributed by atoms with Crippen molar-refractivity contribution < 1.29 is 14.7 Å². The summed E-state index contributed by atoms with van der Waals surface area (Å²) in [6, 6.07) is -0.207. The topological polar surface area (TPSA) is 91.3 Å². The van der Waals surface area contributed by atoms with Crippen LogP contribution in [0.5, 0.6) is 0 Å². The van der Waals surface area contributed by atoms with E-state index in [-0.39, 0.29) is 18.0 Å². The number of nitrogens with one attached hydrogen (secondary N) is 2. The molecule has 0 bridgehead atoms. The van der Waals surface area contributed by atoms with Gasteiger partial charge < -0.3 is 10.4 Å². The Morgan fingerprint density at radius 2 is 2.10 bits per heavy atom. The molecule has 2 rings (SSSR count). The number of nitrogens with zero attached hydrogens (tertiary/aromatic N) is 1. The van der Waals surface area contributed by atoms with Gasteiger partial charge >= 0.3 is 12.0 Å². The Labute approximate surface area is 128 Å². The summed E-state index contributed by atoms with van der Waals surface area (Å²) in [5, 5.41) is 15.2. The summed E-state index contributed by atoms with van der Waals surface area (Å²) in [7, 11) is 0. The molecule has 0 aromatic carbocycles. The number of carbonyl (C=O) groups excluding carboxylic acids is 1. The van der Waals surface area contributed by atoms with Crippen molar-refractivity contribution in [1.82, 2.24) is 10.3 Å². The van der Waals surface area contributed by atoms with Gasteiger partial charge in [0.1, 0.15) is 0 Å². The van der Waals surface area contributed by atoms with Gasteiger partial charge in [-0.2, -0.15) is 0 Å². The largest absolute Gasteiger partial charge is 0.481 e. The van der Waals surface area contributed by atoms with Crippen molar-refractivity contribution in [3.05, 3.63) is 11.1 Å². The molecule has 0 radical (unpaired) electrons. The van der Waals surface area contributed by atoms with Crippen molar-refractivity contribution in [2.75, 3.05) is 5.32 Å². The van der Waals surface area contributed by atoms with E-state index < -0.39 is 5.97 Å². The van der Waals surface area contributed by atoms with E-state index in [9.17, 15) is 9.59 Å². The number of hydrogen-bond donors (Lipinski definition) is 3. The number of carboxylic acids is 1. The van der Waals surface area contributed by atoms with Crippen molar-refractivity contribution in [2.24, 2.45) is 5.92 Å². The zero-order valence-corrected chi connectivity index (χ0v) is 12.9. The highest BCUT2D eigenvalue weighted by molar-refractivity contribution is 7.15. The first-order chi connectivity index (χ1) is 10.1. The number of rotatable bonds is 5. The van der Waals surface area contributed by atoms with Crippen LogP contribution in [0, 0.1) is 5.92 Å². The zero-order valence-electron chi connectivity index (χ0n) is 12.1. The molecule has 3 N–H and O–H groups in total. The standard InChI is InChI=1S/C14H21N3O3S/c1-2-3-11-8-15-14(21-11)17-13(20)16-10-6-4-9(5-7-10)12(18)19/h8-10H,2-7H2,1H3,(H,18,19)(H2,15,16,17,20). The van der Waals surface area contributed by atoms with E-state index in [1.807, 2.05) is 0 Å². The van der Waals surface area contributed by atoms with Crippen LogP contribution in [-0.4, -0.2) is 28.1 Å². The van der Waals surface area contributed by atoms with Crippen LogP contribution in [0.2, 0.25) is 0 Å². The first-order valence-corrected chi connectivity index (χ1v) is 8.15. The minimum atomic E-state index is -0.732. The second kappa shape index (κ2) is 7.40. The van der Waals surface area contributed by atoms with E-state index in [1.165, 1.54) is 11.3 Å². The third kappa shape index (κ3) is 4.70. The van der Waals surface area contributed by atoms with Crippen LogP contribution in [0.4, 0.5) is 9.93 Å². The minimum absolute atomic E-state index is 0.0516. The molecule has 1 heterocycles. The maximum absolute atomic E-state index is 11.9. The van der Waals surface area contributed by atoms with E-state index in [4.69, 9.17) is 5.11 Å². The Bertz CT molecular complexity index is 495. The molecule has 0 unspecified atom stereocenters. The molecule has 1 saturated carbocycles. The van der Waals surface area contributed by atoms with Crippen molar-refractivity contribution in [3.63, 3.8) is 0 Å². The lowest BCUT2D eigenvalue weighted by atomic mass is 9.86. The third-order valence-corrected chi connectivity index (χ3v) is 4.65. The fraction of sp³-hybridized carbons (Fsp3) is 0.643. The maximum atomic E-state index is 11.9. The second-order valence-corrected chi connectivity index (χ2v) is 6.48. The molecule has 1 fully saturated rings. The lowest BCUT2D eigenvalue weighted by Crippen LogP contribution is -2.40. The number of carboxylic acid groups (broad SMARTS) is 1. The molecule has 0 atom stereocenters. The van der Waals surface area contributed by atoms with Gasteiger partial charge in [-0.15, -0.1) is 11.3 Å². The van der Waals surface area contributed by atoms with E-state index in [0.29, 0.717) is 30.8 Å². The summed E-state index contributed by atoms with van der Waals surface area (Å²) in [5.41, 5.74) is 0. The summed E-state index contributed by atoms with van der Waals surface area (Å²) < 4.78 is 0.